The molecule has 0 spiro atoms. The predicted octanol–water partition coefficient (Wildman–Crippen LogP) is 2.54. The van der Waals surface area contributed by atoms with Gasteiger partial charge in [0.15, 0.2) is 0 Å². The van der Waals surface area contributed by atoms with Gasteiger partial charge in [-0.2, -0.15) is 0 Å². The van der Waals surface area contributed by atoms with Crippen molar-refractivity contribution < 1.29 is 18.4 Å². The number of likely N-dealkylation sites (N-methyl/N-ethyl adjacent to an activating group) is 1. The number of imide groups is 1. The van der Waals surface area contributed by atoms with Gasteiger partial charge in [0.05, 0.1) is 6.42 Å². The van der Waals surface area contributed by atoms with Gasteiger partial charge in [-0.3, -0.25) is 14.5 Å². The lowest BCUT2D eigenvalue weighted by atomic mass is 9.95. The number of carbonyl (C=O) groups excluding carboxylic acids is 2. The summed E-state index contributed by atoms with van der Waals surface area (Å²) in [4.78, 5) is 23.2. The van der Waals surface area contributed by atoms with Crippen molar-refractivity contribution in [2.24, 2.45) is 0 Å². The molecule has 96 valence electrons. The second-order valence-electron chi connectivity index (χ2n) is 4.09. The van der Waals surface area contributed by atoms with Crippen LogP contribution in [0.4, 0.5) is 8.78 Å². The Morgan fingerprint density at radius 2 is 2.00 bits per heavy atom. The maximum Gasteiger partial charge on any atom is 0.260 e. The summed E-state index contributed by atoms with van der Waals surface area (Å²) in [5.41, 5.74) is 1.24. The predicted molar refractivity (Wildman–Crippen MR) is 64.9 cm³/mol. The Hall–Kier alpha value is -1.30. The zero-order valence-corrected chi connectivity index (χ0v) is 11.1. The molecule has 2 amide bonds. The summed E-state index contributed by atoms with van der Waals surface area (Å²) in [6.07, 6.45) is -2.43. The molecule has 1 heterocycles. The van der Waals surface area contributed by atoms with Gasteiger partial charge in [0.1, 0.15) is 4.83 Å². The number of benzene rings is 1. The van der Waals surface area contributed by atoms with Crippen LogP contribution in [0.25, 0.3) is 0 Å². The molecule has 1 aromatic carbocycles. The van der Waals surface area contributed by atoms with E-state index in [0.717, 1.165) is 4.90 Å². The van der Waals surface area contributed by atoms with Gasteiger partial charge in [0.2, 0.25) is 5.91 Å². The fraction of sp³-hybridized carbons (Fsp3) is 0.333. The highest BCUT2D eigenvalue weighted by molar-refractivity contribution is 9.09. The van der Waals surface area contributed by atoms with Gasteiger partial charge in [-0.25, -0.2) is 8.78 Å². The third kappa shape index (κ3) is 2.16. The molecule has 0 aliphatic carbocycles. The second kappa shape index (κ2) is 4.76. The van der Waals surface area contributed by atoms with Crippen LogP contribution in [0.5, 0.6) is 0 Å². The molecule has 1 aromatic rings. The lowest BCUT2D eigenvalue weighted by Crippen LogP contribution is -2.39. The summed E-state index contributed by atoms with van der Waals surface area (Å²) in [7, 11) is 1.39. The minimum absolute atomic E-state index is 0.124. The third-order valence-corrected chi connectivity index (χ3v) is 3.85. The van der Waals surface area contributed by atoms with Crippen LogP contribution in [0, 0.1) is 0 Å². The minimum Gasteiger partial charge on any atom is -0.281 e. The van der Waals surface area contributed by atoms with Crippen molar-refractivity contribution in [3.63, 3.8) is 0 Å². The van der Waals surface area contributed by atoms with Crippen molar-refractivity contribution in [1.29, 1.82) is 0 Å². The molecule has 0 N–H and O–H groups in total. The lowest BCUT2D eigenvalue weighted by molar-refractivity contribution is -0.127. The highest BCUT2D eigenvalue weighted by Crippen LogP contribution is 2.32. The normalized spacial score (nSPS) is 17.1. The second-order valence-corrected chi connectivity index (χ2v) is 5.07. The highest BCUT2D eigenvalue weighted by Gasteiger charge is 2.29. The Kier molecular flexibility index (Phi) is 3.47. The van der Waals surface area contributed by atoms with Crippen molar-refractivity contribution in [3.05, 3.63) is 34.9 Å². The van der Waals surface area contributed by atoms with E-state index in [4.69, 9.17) is 0 Å². The van der Waals surface area contributed by atoms with Crippen LogP contribution in [0.2, 0.25) is 0 Å². The number of hydrogen-bond donors (Lipinski definition) is 0. The first kappa shape index (κ1) is 13.1. The quantitative estimate of drug-likeness (QED) is 0.621. The minimum atomic E-state index is -2.55. The van der Waals surface area contributed by atoms with E-state index in [0.29, 0.717) is 16.7 Å². The largest absolute Gasteiger partial charge is 0.281 e. The van der Waals surface area contributed by atoms with Crippen molar-refractivity contribution >= 4 is 27.7 Å². The van der Waals surface area contributed by atoms with E-state index in [2.05, 4.69) is 15.9 Å². The van der Waals surface area contributed by atoms with Gasteiger partial charge >= 0.3 is 0 Å². The number of alkyl halides is 3. The summed E-state index contributed by atoms with van der Waals surface area (Å²) in [6, 6.07) is 4.49. The van der Waals surface area contributed by atoms with Gasteiger partial charge in [0, 0.05) is 12.6 Å². The molecule has 0 saturated carbocycles. The van der Waals surface area contributed by atoms with E-state index >= 15 is 0 Å². The zero-order chi connectivity index (χ0) is 13.4. The maximum absolute atomic E-state index is 12.6. The molecule has 2 rings (SSSR count). The molecular formula is C12H10BrF2NO2. The van der Waals surface area contributed by atoms with Crippen LogP contribution < -0.4 is 0 Å². The Balaban J connectivity index is 2.44. The average Bonchev–Trinajstić information content (AvgIpc) is 2.35. The first-order chi connectivity index (χ1) is 8.41. The molecule has 0 radical (unpaired) electrons. The van der Waals surface area contributed by atoms with Crippen LogP contribution in [-0.2, 0) is 11.2 Å². The molecular weight excluding hydrogens is 308 g/mol. The van der Waals surface area contributed by atoms with Crippen LogP contribution in [0.3, 0.4) is 0 Å². The molecule has 6 heteroatoms. The summed E-state index contributed by atoms with van der Waals surface area (Å²) in [5.74, 6) is -0.735. The fourth-order valence-corrected chi connectivity index (χ4v) is 2.12. The molecule has 1 atom stereocenters. The molecule has 1 unspecified atom stereocenters. The Bertz CT molecular complexity index is 519. The first-order valence-corrected chi connectivity index (χ1v) is 6.19. The SMILES string of the molecule is CN1C(=O)Cc2ccc(C(Br)C(F)F)cc2C1=O. The monoisotopic (exact) mass is 317 g/mol. The number of rotatable bonds is 2. The van der Waals surface area contributed by atoms with E-state index < -0.39 is 17.2 Å². The number of fused-ring (bicyclic) bond motifs is 1. The maximum atomic E-state index is 12.6. The highest BCUT2D eigenvalue weighted by atomic mass is 79.9. The van der Waals surface area contributed by atoms with E-state index in [1.165, 1.54) is 19.2 Å². The molecule has 0 fully saturated rings. The van der Waals surface area contributed by atoms with Crippen molar-refractivity contribution in [3.8, 4) is 0 Å². The van der Waals surface area contributed by atoms with Gasteiger partial charge in [-0.05, 0) is 17.2 Å². The smallest absolute Gasteiger partial charge is 0.260 e. The van der Waals surface area contributed by atoms with Crippen LogP contribution in [0.1, 0.15) is 26.3 Å². The van der Waals surface area contributed by atoms with Crippen molar-refractivity contribution in [2.45, 2.75) is 17.7 Å². The van der Waals surface area contributed by atoms with Gasteiger partial charge < -0.3 is 0 Å². The zero-order valence-electron chi connectivity index (χ0n) is 9.49. The van der Waals surface area contributed by atoms with Crippen LogP contribution in [-0.4, -0.2) is 30.2 Å². The van der Waals surface area contributed by atoms with Crippen LogP contribution >= 0.6 is 15.9 Å². The summed E-state index contributed by atoms with van der Waals surface area (Å²) in [6.45, 7) is 0. The van der Waals surface area contributed by atoms with E-state index in [1.807, 2.05) is 0 Å². The molecule has 0 saturated heterocycles. The van der Waals surface area contributed by atoms with Gasteiger partial charge in [0.25, 0.3) is 12.3 Å². The van der Waals surface area contributed by atoms with E-state index in [-0.39, 0.29) is 12.3 Å². The number of halogens is 3. The summed E-state index contributed by atoms with van der Waals surface area (Å²) < 4.78 is 25.2. The number of hydrogen-bond acceptors (Lipinski definition) is 2. The molecule has 0 aromatic heterocycles. The summed E-state index contributed by atoms with van der Waals surface area (Å²) in [5, 5.41) is 0. The van der Waals surface area contributed by atoms with E-state index in [9.17, 15) is 18.4 Å². The first-order valence-electron chi connectivity index (χ1n) is 5.27. The molecule has 1 aliphatic heterocycles. The van der Waals surface area contributed by atoms with Crippen molar-refractivity contribution in [2.75, 3.05) is 7.05 Å². The Morgan fingerprint density at radius 3 is 2.61 bits per heavy atom. The number of nitrogens with zero attached hydrogens (tertiary/aromatic N) is 1. The van der Waals surface area contributed by atoms with Crippen molar-refractivity contribution in [1.82, 2.24) is 4.90 Å². The third-order valence-electron chi connectivity index (χ3n) is 2.92. The summed E-state index contributed by atoms with van der Waals surface area (Å²) >= 11 is 2.88. The van der Waals surface area contributed by atoms with Gasteiger partial charge in [-0.1, -0.05) is 28.1 Å². The molecule has 1 aliphatic rings. The number of carbonyl (C=O) groups is 2. The van der Waals surface area contributed by atoms with Crippen LogP contribution in [0.15, 0.2) is 18.2 Å². The Labute approximate surface area is 111 Å². The fourth-order valence-electron chi connectivity index (χ4n) is 1.84. The molecule has 3 nitrogen and oxygen atoms in total. The molecule has 18 heavy (non-hydrogen) atoms. The lowest BCUT2D eigenvalue weighted by Gasteiger charge is -2.24. The standard InChI is InChI=1S/C12H10BrF2NO2/c1-16-9(17)5-6-2-3-7(10(13)11(14)15)4-8(6)12(16)18/h2-4,10-11H,5H2,1H3. The topological polar surface area (TPSA) is 37.4 Å². The Morgan fingerprint density at radius 1 is 1.33 bits per heavy atom. The van der Waals surface area contributed by atoms with Gasteiger partial charge in [-0.15, -0.1) is 0 Å². The van der Waals surface area contributed by atoms with E-state index in [1.54, 1.807) is 6.07 Å². The number of amides is 2. The molecule has 0 bridgehead atoms. The average molecular weight is 318 g/mol.